The minimum Gasteiger partial charge on any atom is -0.466 e. The highest BCUT2D eigenvalue weighted by Crippen LogP contribution is 2.28. The number of nitrogens with zero attached hydrogens (tertiary/aromatic N) is 1. The van der Waals surface area contributed by atoms with E-state index in [0.717, 1.165) is 16.8 Å². The van der Waals surface area contributed by atoms with Gasteiger partial charge in [0.05, 0.1) is 19.2 Å². The molecule has 0 saturated heterocycles. The molecular weight excluding hydrogens is 310 g/mol. The van der Waals surface area contributed by atoms with E-state index in [2.05, 4.69) is 36.1 Å². The number of carbonyl (C=O) groups is 1. The molecule has 1 aliphatic rings. The second-order valence-electron chi connectivity index (χ2n) is 5.70. The number of hydrogen-bond acceptors (Lipinski definition) is 3. The summed E-state index contributed by atoms with van der Waals surface area (Å²) in [5.41, 5.74) is 5.00. The van der Waals surface area contributed by atoms with Crippen LogP contribution < -0.4 is 4.90 Å². The van der Waals surface area contributed by atoms with Crippen molar-refractivity contribution in [2.24, 2.45) is 0 Å². The van der Waals surface area contributed by atoms with E-state index in [9.17, 15) is 4.79 Å². The monoisotopic (exact) mass is 327 g/mol. The highest BCUT2D eigenvalue weighted by Gasteiger charge is 2.21. The Bertz CT molecular complexity index is 765. The zero-order chi connectivity index (χ0) is 16.4. The van der Waals surface area contributed by atoms with Gasteiger partial charge in [0.15, 0.2) is 0 Å². The van der Waals surface area contributed by atoms with Crippen molar-refractivity contribution in [3.8, 4) is 0 Å². The molecule has 0 saturated carbocycles. The first-order valence-corrected chi connectivity index (χ1v) is 7.83. The van der Waals surface area contributed by atoms with E-state index >= 15 is 0 Å². The van der Waals surface area contributed by atoms with Gasteiger partial charge in [-0.1, -0.05) is 35.4 Å². The third-order valence-electron chi connectivity index (χ3n) is 4.01. The van der Waals surface area contributed by atoms with Crippen LogP contribution in [-0.4, -0.2) is 19.6 Å². The minimum absolute atomic E-state index is 0.310. The number of methoxy groups -OCH3 is 1. The SMILES string of the molecule is COC(=O)C1=Cc2cc(Cl)ccc2CN(c2ccc(C)cc2)C1. The molecule has 118 valence electrons. The van der Waals surface area contributed by atoms with E-state index in [0.29, 0.717) is 23.7 Å². The Morgan fingerprint density at radius 1 is 1.13 bits per heavy atom. The summed E-state index contributed by atoms with van der Waals surface area (Å²) in [5, 5.41) is 0.660. The fourth-order valence-electron chi connectivity index (χ4n) is 2.74. The first-order chi connectivity index (χ1) is 11.1. The van der Waals surface area contributed by atoms with E-state index in [4.69, 9.17) is 16.3 Å². The van der Waals surface area contributed by atoms with Gasteiger partial charge in [0.1, 0.15) is 0 Å². The van der Waals surface area contributed by atoms with Crippen LogP contribution in [0.3, 0.4) is 0 Å². The lowest BCUT2D eigenvalue weighted by Gasteiger charge is -2.24. The van der Waals surface area contributed by atoms with Crippen molar-refractivity contribution in [2.45, 2.75) is 13.5 Å². The van der Waals surface area contributed by atoms with Crippen LogP contribution in [0.25, 0.3) is 6.08 Å². The van der Waals surface area contributed by atoms with Crippen LogP contribution in [0, 0.1) is 6.92 Å². The van der Waals surface area contributed by atoms with Crippen molar-refractivity contribution >= 4 is 29.3 Å². The van der Waals surface area contributed by atoms with E-state index in [1.807, 2.05) is 24.3 Å². The summed E-state index contributed by atoms with van der Waals surface area (Å²) in [6, 6.07) is 14.1. The average Bonchev–Trinajstić information content (AvgIpc) is 2.74. The summed E-state index contributed by atoms with van der Waals surface area (Å²) < 4.78 is 4.93. The number of ether oxygens (including phenoxy) is 1. The molecule has 0 N–H and O–H groups in total. The normalized spacial score (nSPS) is 13.9. The molecule has 23 heavy (non-hydrogen) atoms. The maximum atomic E-state index is 12.1. The largest absolute Gasteiger partial charge is 0.466 e. The summed E-state index contributed by atoms with van der Waals surface area (Å²) in [6.45, 7) is 3.28. The summed E-state index contributed by atoms with van der Waals surface area (Å²) >= 11 is 6.10. The van der Waals surface area contributed by atoms with Gasteiger partial charge in [-0.2, -0.15) is 0 Å². The molecule has 1 aliphatic heterocycles. The molecule has 2 aromatic carbocycles. The zero-order valence-electron chi connectivity index (χ0n) is 13.2. The standard InChI is InChI=1S/C19H18ClNO2/c1-13-3-7-18(8-4-13)21-11-14-5-6-17(20)10-15(14)9-16(12-21)19(22)23-2/h3-10H,11-12H2,1-2H3. The first-order valence-electron chi connectivity index (χ1n) is 7.46. The molecule has 0 bridgehead atoms. The Morgan fingerprint density at radius 2 is 1.87 bits per heavy atom. The highest BCUT2D eigenvalue weighted by atomic mass is 35.5. The maximum absolute atomic E-state index is 12.1. The third kappa shape index (κ3) is 3.40. The van der Waals surface area contributed by atoms with Crippen LogP contribution in [0.4, 0.5) is 5.69 Å². The molecule has 2 aromatic rings. The number of carbonyl (C=O) groups excluding carboxylic acids is 1. The average molecular weight is 328 g/mol. The van der Waals surface area contributed by atoms with Crippen molar-refractivity contribution in [2.75, 3.05) is 18.6 Å². The van der Waals surface area contributed by atoms with Gasteiger partial charge in [-0.05, 0) is 48.4 Å². The molecule has 0 fully saturated rings. The molecule has 3 nitrogen and oxygen atoms in total. The number of halogens is 1. The number of rotatable bonds is 2. The number of hydrogen-bond donors (Lipinski definition) is 0. The Hall–Kier alpha value is -2.26. The Morgan fingerprint density at radius 3 is 2.57 bits per heavy atom. The van der Waals surface area contributed by atoms with E-state index in [1.165, 1.54) is 12.7 Å². The Balaban J connectivity index is 2.04. The van der Waals surface area contributed by atoms with E-state index < -0.39 is 0 Å². The number of benzene rings is 2. The topological polar surface area (TPSA) is 29.5 Å². The van der Waals surface area contributed by atoms with Crippen LogP contribution >= 0.6 is 11.6 Å². The van der Waals surface area contributed by atoms with Gasteiger partial charge in [0.25, 0.3) is 0 Å². The van der Waals surface area contributed by atoms with Crippen molar-refractivity contribution in [3.63, 3.8) is 0 Å². The van der Waals surface area contributed by atoms with Crippen molar-refractivity contribution in [1.82, 2.24) is 0 Å². The van der Waals surface area contributed by atoms with Crippen molar-refractivity contribution in [1.29, 1.82) is 0 Å². The lowest BCUT2D eigenvalue weighted by Crippen LogP contribution is -2.26. The molecule has 4 heteroatoms. The van der Waals surface area contributed by atoms with E-state index in [-0.39, 0.29) is 5.97 Å². The van der Waals surface area contributed by atoms with Gasteiger partial charge in [0.2, 0.25) is 0 Å². The molecule has 0 aromatic heterocycles. The van der Waals surface area contributed by atoms with Crippen molar-refractivity contribution in [3.05, 3.63) is 69.8 Å². The lowest BCUT2D eigenvalue weighted by atomic mass is 10.1. The molecule has 3 rings (SSSR count). The molecule has 1 heterocycles. The fraction of sp³-hybridized carbons (Fsp3) is 0.211. The van der Waals surface area contributed by atoms with Crippen LogP contribution in [0.2, 0.25) is 5.02 Å². The molecule has 0 radical (unpaired) electrons. The Kier molecular flexibility index (Phi) is 4.39. The molecule has 0 unspecified atom stereocenters. The molecule has 0 amide bonds. The molecule has 0 aliphatic carbocycles. The van der Waals surface area contributed by atoms with Gasteiger partial charge in [-0.3, -0.25) is 0 Å². The van der Waals surface area contributed by atoms with Gasteiger partial charge >= 0.3 is 5.97 Å². The van der Waals surface area contributed by atoms with Gasteiger partial charge in [0, 0.05) is 17.3 Å². The highest BCUT2D eigenvalue weighted by molar-refractivity contribution is 6.30. The van der Waals surface area contributed by atoms with E-state index in [1.54, 1.807) is 0 Å². The first kappa shape index (κ1) is 15.6. The van der Waals surface area contributed by atoms with Crippen LogP contribution in [0.15, 0.2) is 48.0 Å². The summed E-state index contributed by atoms with van der Waals surface area (Å²) in [5.74, 6) is -0.310. The molecular formula is C19H18ClNO2. The number of esters is 1. The third-order valence-corrected chi connectivity index (χ3v) is 4.24. The molecule has 0 spiro atoms. The zero-order valence-corrected chi connectivity index (χ0v) is 13.9. The number of anilines is 1. The smallest absolute Gasteiger partial charge is 0.335 e. The fourth-order valence-corrected chi connectivity index (χ4v) is 2.92. The van der Waals surface area contributed by atoms with Crippen LogP contribution in [-0.2, 0) is 16.1 Å². The summed E-state index contributed by atoms with van der Waals surface area (Å²) in [6.07, 6.45) is 1.88. The Labute approximate surface area is 141 Å². The summed E-state index contributed by atoms with van der Waals surface area (Å²) in [4.78, 5) is 14.3. The van der Waals surface area contributed by atoms with Gasteiger partial charge in [-0.25, -0.2) is 4.79 Å². The predicted octanol–water partition coefficient (Wildman–Crippen LogP) is 4.23. The van der Waals surface area contributed by atoms with Gasteiger partial charge < -0.3 is 9.64 Å². The lowest BCUT2D eigenvalue weighted by molar-refractivity contribution is -0.136. The second-order valence-corrected chi connectivity index (χ2v) is 6.13. The molecule has 0 atom stereocenters. The number of fused-ring (bicyclic) bond motifs is 1. The second kappa shape index (κ2) is 6.47. The van der Waals surface area contributed by atoms with Crippen LogP contribution in [0.1, 0.15) is 16.7 Å². The summed E-state index contributed by atoms with van der Waals surface area (Å²) in [7, 11) is 1.41. The minimum atomic E-state index is -0.310. The predicted molar refractivity (Wildman–Crippen MR) is 93.7 cm³/mol. The van der Waals surface area contributed by atoms with Crippen molar-refractivity contribution < 1.29 is 9.53 Å². The van der Waals surface area contributed by atoms with Gasteiger partial charge in [-0.15, -0.1) is 0 Å². The quantitative estimate of drug-likeness (QED) is 0.773. The number of aryl methyl sites for hydroxylation is 1. The van der Waals surface area contributed by atoms with Crippen LogP contribution in [0.5, 0.6) is 0 Å². The maximum Gasteiger partial charge on any atom is 0.335 e.